The molecule has 0 bridgehead atoms. The molecule has 0 spiro atoms. The molecular formula is C8H20N2O3S. The first-order valence-corrected chi connectivity index (χ1v) is 6.34. The summed E-state index contributed by atoms with van der Waals surface area (Å²) in [7, 11) is -0.0396. The molecule has 0 aliphatic carbocycles. The monoisotopic (exact) mass is 224 g/mol. The maximum absolute atomic E-state index is 11.0. The fourth-order valence-corrected chi connectivity index (χ4v) is 1.61. The normalized spacial score (nSPS) is 14.2. The van der Waals surface area contributed by atoms with E-state index in [0.29, 0.717) is 13.2 Å². The summed E-state index contributed by atoms with van der Waals surface area (Å²) in [4.78, 5) is 0. The standard InChI is InChI=1S/C8H20N2O3S/c1-4-8(7-13-3)10-5-6-14(11,12)9-2/h8-10H,4-7H2,1-3H3. The Labute approximate surface area is 86.3 Å². The van der Waals surface area contributed by atoms with Crippen molar-refractivity contribution in [3.63, 3.8) is 0 Å². The summed E-state index contributed by atoms with van der Waals surface area (Å²) in [6.45, 7) is 3.09. The molecule has 0 aliphatic heterocycles. The molecule has 0 heterocycles. The Balaban J connectivity index is 3.71. The smallest absolute Gasteiger partial charge is 0.212 e. The molecule has 6 heteroatoms. The molecule has 0 aromatic heterocycles. The average Bonchev–Trinajstić information content (AvgIpc) is 2.16. The number of hydrogen-bond acceptors (Lipinski definition) is 4. The number of rotatable bonds is 8. The Morgan fingerprint density at radius 3 is 2.50 bits per heavy atom. The first-order chi connectivity index (χ1) is 6.55. The Kier molecular flexibility index (Phi) is 7.08. The highest BCUT2D eigenvalue weighted by Crippen LogP contribution is 1.91. The van der Waals surface area contributed by atoms with Gasteiger partial charge in [0.25, 0.3) is 0 Å². The quantitative estimate of drug-likeness (QED) is 0.586. The van der Waals surface area contributed by atoms with Crippen LogP contribution >= 0.6 is 0 Å². The van der Waals surface area contributed by atoms with Crippen LogP contribution < -0.4 is 10.0 Å². The van der Waals surface area contributed by atoms with Crippen molar-refractivity contribution in [3.05, 3.63) is 0 Å². The van der Waals surface area contributed by atoms with Gasteiger partial charge >= 0.3 is 0 Å². The molecule has 5 nitrogen and oxygen atoms in total. The highest BCUT2D eigenvalue weighted by molar-refractivity contribution is 7.89. The lowest BCUT2D eigenvalue weighted by molar-refractivity contribution is 0.165. The zero-order chi connectivity index (χ0) is 11.0. The van der Waals surface area contributed by atoms with Gasteiger partial charge < -0.3 is 10.1 Å². The summed E-state index contributed by atoms with van der Waals surface area (Å²) in [5.41, 5.74) is 0. The van der Waals surface area contributed by atoms with Gasteiger partial charge in [0.15, 0.2) is 0 Å². The molecular weight excluding hydrogens is 204 g/mol. The Morgan fingerprint density at radius 2 is 2.07 bits per heavy atom. The minimum Gasteiger partial charge on any atom is -0.383 e. The highest BCUT2D eigenvalue weighted by atomic mass is 32.2. The van der Waals surface area contributed by atoms with Crippen molar-refractivity contribution >= 4 is 10.0 Å². The van der Waals surface area contributed by atoms with E-state index < -0.39 is 10.0 Å². The molecule has 0 saturated carbocycles. The van der Waals surface area contributed by atoms with Gasteiger partial charge in [-0.3, -0.25) is 0 Å². The van der Waals surface area contributed by atoms with Crippen molar-refractivity contribution < 1.29 is 13.2 Å². The maximum atomic E-state index is 11.0. The lowest BCUT2D eigenvalue weighted by Crippen LogP contribution is -2.37. The summed E-state index contributed by atoms with van der Waals surface area (Å²) in [6, 6.07) is 0.229. The topological polar surface area (TPSA) is 67.4 Å². The number of sulfonamides is 1. The van der Waals surface area contributed by atoms with Gasteiger partial charge in [-0.1, -0.05) is 6.92 Å². The van der Waals surface area contributed by atoms with Gasteiger partial charge in [0.2, 0.25) is 10.0 Å². The molecule has 0 saturated heterocycles. The van der Waals surface area contributed by atoms with Gasteiger partial charge in [-0.15, -0.1) is 0 Å². The maximum Gasteiger partial charge on any atom is 0.212 e. The Hall–Kier alpha value is -0.170. The second kappa shape index (κ2) is 7.17. The van der Waals surface area contributed by atoms with Crippen LogP contribution in [0, 0.1) is 0 Å². The number of methoxy groups -OCH3 is 1. The molecule has 1 atom stereocenters. The first-order valence-electron chi connectivity index (χ1n) is 4.69. The SMILES string of the molecule is CCC(COC)NCCS(=O)(=O)NC. The fraction of sp³-hybridized carbons (Fsp3) is 1.00. The minimum atomic E-state index is -3.09. The van der Waals surface area contributed by atoms with Crippen molar-refractivity contribution in [2.45, 2.75) is 19.4 Å². The van der Waals surface area contributed by atoms with E-state index in [1.807, 2.05) is 6.92 Å². The van der Waals surface area contributed by atoms with Crippen LogP contribution in [0.15, 0.2) is 0 Å². The van der Waals surface area contributed by atoms with Crippen molar-refractivity contribution in [1.29, 1.82) is 0 Å². The summed E-state index contributed by atoms with van der Waals surface area (Å²) >= 11 is 0. The van der Waals surface area contributed by atoms with Crippen LogP contribution in [0.2, 0.25) is 0 Å². The molecule has 14 heavy (non-hydrogen) atoms. The number of hydrogen-bond donors (Lipinski definition) is 2. The van der Waals surface area contributed by atoms with Gasteiger partial charge in [0.05, 0.1) is 12.4 Å². The van der Waals surface area contributed by atoms with E-state index in [9.17, 15) is 8.42 Å². The van der Waals surface area contributed by atoms with Crippen molar-refractivity contribution in [3.8, 4) is 0 Å². The molecule has 2 N–H and O–H groups in total. The molecule has 0 aromatic rings. The van der Waals surface area contributed by atoms with E-state index in [1.54, 1.807) is 7.11 Å². The van der Waals surface area contributed by atoms with Gasteiger partial charge in [-0.05, 0) is 13.5 Å². The molecule has 0 amide bonds. The summed E-state index contributed by atoms with van der Waals surface area (Å²) in [6.07, 6.45) is 0.924. The van der Waals surface area contributed by atoms with Crippen LogP contribution in [-0.4, -0.2) is 47.5 Å². The fourth-order valence-electron chi connectivity index (χ4n) is 1.02. The first kappa shape index (κ1) is 13.8. The van der Waals surface area contributed by atoms with E-state index in [-0.39, 0.29) is 11.8 Å². The molecule has 0 fully saturated rings. The van der Waals surface area contributed by atoms with Crippen molar-refractivity contribution in [1.82, 2.24) is 10.0 Å². The third-order valence-corrected chi connectivity index (χ3v) is 3.34. The molecule has 0 radical (unpaired) electrons. The predicted octanol–water partition coefficient (Wildman–Crippen LogP) is -0.450. The van der Waals surface area contributed by atoms with E-state index in [2.05, 4.69) is 10.0 Å². The largest absolute Gasteiger partial charge is 0.383 e. The third-order valence-electron chi connectivity index (χ3n) is 1.98. The lowest BCUT2D eigenvalue weighted by Gasteiger charge is -2.15. The zero-order valence-corrected chi connectivity index (χ0v) is 9.86. The van der Waals surface area contributed by atoms with Crippen molar-refractivity contribution in [2.24, 2.45) is 0 Å². The Bertz CT molecular complexity index is 229. The van der Waals surface area contributed by atoms with Crippen LogP contribution in [0.25, 0.3) is 0 Å². The average molecular weight is 224 g/mol. The molecule has 86 valence electrons. The number of nitrogens with one attached hydrogen (secondary N) is 2. The van der Waals surface area contributed by atoms with Gasteiger partial charge in [0, 0.05) is 19.7 Å². The van der Waals surface area contributed by atoms with E-state index >= 15 is 0 Å². The lowest BCUT2D eigenvalue weighted by atomic mass is 10.2. The number of ether oxygens (including phenoxy) is 1. The van der Waals surface area contributed by atoms with Crippen molar-refractivity contribution in [2.75, 3.05) is 33.1 Å². The zero-order valence-electron chi connectivity index (χ0n) is 9.04. The third kappa shape index (κ3) is 6.31. The van der Waals surface area contributed by atoms with Crippen LogP contribution in [0.5, 0.6) is 0 Å². The summed E-state index contributed by atoms with van der Waals surface area (Å²) in [5, 5.41) is 3.12. The minimum absolute atomic E-state index is 0.101. The van der Waals surface area contributed by atoms with E-state index in [1.165, 1.54) is 7.05 Å². The van der Waals surface area contributed by atoms with E-state index in [4.69, 9.17) is 4.74 Å². The molecule has 1 unspecified atom stereocenters. The highest BCUT2D eigenvalue weighted by Gasteiger charge is 2.09. The molecule has 0 aromatic carbocycles. The Morgan fingerprint density at radius 1 is 1.43 bits per heavy atom. The van der Waals surface area contributed by atoms with Gasteiger partial charge in [-0.25, -0.2) is 13.1 Å². The van der Waals surface area contributed by atoms with Gasteiger partial charge in [-0.2, -0.15) is 0 Å². The van der Waals surface area contributed by atoms with E-state index in [0.717, 1.165) is 6.42 Å². The summed E-state index contributed by atoms with van der Waals surface area (Å²) in [5.74, 6) is 0.101. The van der Waals surface area contributed by atoms with Gasteiger partial charge in [0.1, 0.15) is 0 Å². The van der Waals surface area contributed by atoms with Crippen LogP contribution in [0.4, 0.5) is 0 Å². The molecule has 0 aliphatic rings. The second-order valence-corrected chi connectivity index (χ2v) is 5.08. The molecule has 0 rings (SSSR count). The summed E-state index contributed by atoms with van der Waals surface area (Å²) < 4.78 is 29.3. The van der Waals surface area contributed by atoms with Crippen LogP contribution in [-0.2, 0) is 14.8 Å². The second-order valence-electron chi connectivity index (χ2n) is 3.04. The van der Waals surface area contributed by atoms with Crippen LogP contribution in [0.3, 0.4) is 0 Å². The van der Waals surface area contributed by atoms with Crippen LogP contribution in [0.1, 0.15) is 13.3 Å². The predicted molar refractivity (Wildman–Crippen MR) is 56.8 cm³/mol.